The first-order valence-corrected chi connectivity index (χ1v) is 6.74. The number of nitrogens with one attached hydrogen (secondary N) is 1. The number of hydrogen-bond acceptors (Lipinski definition) is 4. The molecule has 1 atom stereocenters. The molecule has 1 aromatic carbocycles. The number of carbonyl (C=O) groups is 2. The average Bonchev–Trinajstić information content (AvgIpc) is 2.37. The van der Waals surface area contributed by atoms with Gasteiger partial charge in [-0.25, -0.2) is 4.79 Å². The highest BCUT2D eigenvalue weighted by Crippen LogP contribution is 2.27. The van der Waals surface area contributed by atoms with Crippen LogP contribution in [-0.4, -0.2) is 31.1 Å². The van der Waals surface area contributed by atoms with Gasteiger partial charge in [-0.15, -0.1) is 0 Å². The maximum atomic E-state index is 11.5. The molecule has 0 aliphatic heterocycles. The third kappa shape index (κ3) is 5.27. The molecule has 0 saturated carbocycles. The molecule has 20 heavy (non-hydrogen) atoms. The second kappa shape index (κ2) is 7.97. The highest BCUT2D eigenvalue weighted by atomic mass is 35.5. The molecule has 110 valence electrons. The average molecular weight is 320 g/mol. The number of benzene rings is 1. The number of rotatable bonds is 6. The van der Waals surface area contributed by atoms with Crippen LogP contribution in [0, 0.1) is 0 Å². The quantitative estimate of drug-likeness (QED) is 0.818. The summed E-state index contributed by atoms with van der Waals surface area (Å²) in [4.78, 5) is 22.9. The van der Waals surface area contributed by atoms with Crippen LogP contribution in [0.4, 0.5) is 0 Å². The van der Waals surface area contributed by atoms with Crippen molar-refractivity contribution in [3.63, 3.8) is 0 Å². The zero-order chi connectivity index (χ0) is 15.1. The lowest BCUT2D eigenvalue weighted by Crippen LogP contribution is -2.36. The molecule has 1 aromatic rings. The molecule has 0 bridgehead atoms. The fraction of sp³-hybridized carbons (Fsp3) is 0.385. The van der Waals surface area contributed by atoms with Crippen molar-refractivity contribution in [3.05, 3.63) is 28.2 Å². The normalized spacial score (nSPS) is 11.6. The number of halogens is 2. The van der Waals surface area contributed by atoms with Gasteiger partial charge in [-0.05, 0) is 32.0 Å². The molecule has 5 nitrogen and oxygen atoms in total. The third-order valence-electron chi connectivity index (χ3n) is 2.27. The van der Waals surface area contributed by atoms with Crippen LogP contribution in [0.2, 0.25) is 10.0 Å². The summed E-state index contributed by atoms with van der Waals surface area (Å²) in [6.07, 6.45) is -0.869. The number of esters is 1. The number of likely N-dealkylation sites (N-methyl/N-ethyl adjacent to an activating group) is 1. The molecule has 0 radical (unpaired) electrons. The molecule has 0 fully saturated rings. The van der Waals surface area contributed by atoms with E-state index in [4.69, 9.17) is 32.7 Å². The fourth-order valence-electron chi connectivity index (χ4n) is 1.33. The molecule has 1 amide bonds. The van der Waals surface area contributed by atoms with Crippen molar-refractivity contribution >= 4 is 35.1 Å². The van der Waals surface area contributed by atoms with E-state index in [1.54, 1.807) is 19.1 Å². The molecule has 0 aromatic heterocycles. The van der Waals surface area contributed by atoms with Crippen molar-refractivity contribution in [2.75, 3.05) is 13.2 Å². The first-order valence-electron chi connectivity index (χ1n) is 5.99. The summed E-state index contributed by atoms with van der Waals surface area (Å²) >= 11 is 11.6. The maximum absolute atomic E-state index is 11.5. The zero-order valence-corrected chi connectivity index (χ0v) is 12.6. The van der Waals surface area contributed by atoms with Gasteiger partial charge in [0.25, 0.3) is 5.91 Å². The molecule has 0 aliphatic carbocycles. The first-order chi connectivity index (χ1) is 9.43. The Labute approximate surface area is 127 Å². The lowest BCUT2D eigenvalue weighted by atomic mass is 10.3. The molecule has 1 N–H and O–H groups in total. The van der Waals surface area contributed by atoms with Crippen LogP contribution in [0.1, 0.15) is 13.8 Å². The van der Waals surface area contributed by atoms with Crippen LogP contribution in [0.3, 0.4) is 0 Å². The van der Waals surface area contributed by atoms with E-state index in [2.05, 4.69) is 5.32 Å². The number of hydrogen-bond donors (Lipinski definition) is 1. The first kappa shape index (κ1) is 16.6. The van der Waals surface area contributed by atoms with Gasteiger partial charge in [0.15, 0.2) is 12.7 Å². The summed E-state index contributed by atoms with van der Waals surface area (Å²) in [6.45, 7) is 3.39. The minimum absolute atomic E-state index is 0.294. The Kier molecular flexibility index (Phi) is 6.61. The van der Waals surface area contributed by atoms with Gasteiger partial charge in [-0.1, -0.05) is 23.2 Å². The summed E-state index contributed by atoms with van der Waals surface area (Å²) in [5, 5.41) is 3.31. The largest absolute Gasteiger partial charge is 0.480 e. The topological polar surface area (TPSA) is 64.6 Å². The van der Waals surface area contributed by atoms with Crippen molar-refractivity contribution in [3.8, 4) is 5.75 Å². The SMILES string of the molecule is CCNC(=O)C(C)OC(=O)COc1ccc(Cl)cc1Cl. The molecule has 1 unspecified atom stereocenters. The molecule has 0 heterocycles. The van der Waals surface area contributed by atoms with Crippen molar-refractivity contribution in [1.29, 1.82) is 0 Å². The van der Waals surface area contributed by atoms with E-state index in [0.717, 1.165) is 0 Å². The Morgan fingerprint density at radius 3 is 2.65 bits per heavy atom. The minimum Gasteiger partial charge on any atom is -0.480 e. The molecule has 0 aliphatic rings. The standard InChI is InChI=1S/C13H15Cl2NO4/c1-3-16-13(18)8(2)20-12(17)7-19-11-5-4-9(14)6-10(11)15/h4-6,8H,3,7H2,1-2H3,(H,16,18). The van der Waals surface area contributed by atoms with Crippen LogP contribution < -0.4 is 10.1 Å². The van der Waals surface area contributed by atoms with Gasteiger partial charge in [-0.2, -0.15) is 0 Å². The van der Waals surface area contributed by atoms with Gasteiger partial charge in [0.1, 0.15) is 5.75 Å². The summed E-state index contributed by atoms with van der Waals surface area (Å²) < 4.78 is 10.1. The number of carbonyl (C=O) groups excluding carboxylic acids is 2. The van der Waals surface area contributed by atoms with Crippen LogP contribution >= 0.6 is 23.2 Å². The predicted molar refractivity (Wildman–Crippen MR) is 76.2 cm³/mol. The van der Waals surface area contributed by atoms with Gasteiger partial charge in [0.2, 0.25) is 0 Å². The summed E-state index contributed by atoms with van der Waals surface area (Å²) in [5.41, 5.74) is 0. The van der Waals surface area contributed by atoms with E-state index < -0.39 is 12.1 Å². The van der Waals surface area contributed by atoms with Crippen LogP contribution in [0.25, 0.3) is 0 Å². The van der Waals surface area contributed by atoms with Crippen molar-refractivity contribution in [2.45, 2.75) is 20.0 Å². The number of ether oxygens (including phenoxy) is 2. The predicted octanol–water partition coefficient (Wildman–Crippen LogP) is 2.44. The Morgan fingerprint density at radius 1 is 1.35 bits per heavy atom. The van der Waals surface area contributed by atoms with Crippen LogP contribution in [-0.2, 0) is 14.3 Å². The van der Waals surface area contributed by atoms with E-state index in [1.807, 2.05) is 0 Å². The van der Waals surface area contributed by atoms with Crippen molar-refractivity contribution in [2.24, 2.45) is 0 Å². The Morgan fingerprint density at radius 2 is 2.05 bits per heavy atom. The van der Waals surface area contributed by atoms with Gasteiger partial charge >= 0.3 is 5.97 Å². The summed E-state index contributed by atoms with van der Waals surface area (Å²) in [6, 6.07) is 4.64. The van der Waals surface area contributed by atoms with Gasteiger partial charge in [0.05, 0.1) is 5.02 Å². The van der Waals surface area contributed by atoms with E-state index in [1.165, 1.54) is 13.0 Å². The monoisotopic (exact) mass is 319 g/mol. The Bertz CT molecular complexity index is 493. The molecule has 1 rings (SSSR count). The smallest absolute Gasteiger partial charge is 0.344 e. The van der Waals surface area contributed by atoms with Crippen LogP contribution in [0.15, 0.2) is 18.2 Å². The lowest BCUT2D eigenvalue weighted by Gasteiger charge is -2.13. The highest BCUT2D eigenvalue weighted by Gasteiger charge is 2.17. The lowest BCUT2D eigenvalue weighted by molar-refractivity contribution is -0.156. The molecular formula is C13H15Cl2NO4. The zero-order valence-electron chi connectivity index (χ0n) is 11.1. The third-order valence-corrected chi connectivity index (χ3v) is 2.80. The minimum atomic E-state index is -0.869. The van der Waals surface area contributed by atoms with Crippen molar-refractivity contribution < 1.29 is 19.1 Å². The van der Waals surface area contributed by atoms with Gasteiger partial charge in [0, 0.05) is 11.6 Å². The van der Waals surface area contributed by atoms with E-state index in [9.17, 15) is 9.59 Å². The van der Waals surface area contributed by atoms with E-state index >= 15 is 0 Å². The van der Waals surface area contributed by atoms with E-state index in [0.29, 0.717) is 22.3 Å². The molecule has 0 saturated heterocycles. The Balaban J connectivity index is 2.45. The molecular weight excluding hydrogens is 305 g/mol. The second-order valence-electron chi connectivity index (χ2n) is 3.89. The Hall–Kier alpha value is -1.46. The fourth-order valence-corrected chi connectivity index (χ4v) is 1.79. The summed E-state index contributed by atoms with van der Waals surface area (Å²) in [5.74, 6) is -0.696. The second-order valence-corrected chi connectivity index (χ2v) is 4.73. The number of amides is 1. The van der Waals surface area contributed by atoms with E-state index in [-0.39, 0.29) is 12.5 Å². The van der Waals surface area contributed by atoms with Gasteiger partial charge in [-0.3, -0.25) is 4.79 Å². The van der Waals surface area contributed by atoms with Crippen LogP contribution in [0.5, 0.6) is 5.75 Å². The molecule has 7 heteroatoms. The highest BCUT2D eigenvalue weighted by molar-refractivity contribution is 6.35. The van der Waals surface area contributed by atoms with Crippen molar-refractivity contribution in [1.82, 2.24) is 5.32 Å². The summed E-state index contributed by atoms with van der Waals surface area (Å²) in [7, 11) is 0. The molecule has 0 spiro atoms. The van der Waals surface area contributed by atoms with Gasteiger partial charge < -0.3 is 14.8 Å². The maximum Gasteiger partial charge on any atom is 0.344 e.